The summed E-state index contributed by atoms with van der Waals surface area (Å²) in [5.41, 5.74) is 2.35. The highest BCUT2D eigenvalue weighted by atomic mass is 35.5. The van der Waals surface area contributed by atoms with E-state index in [2.05, 4.69) is 26.6 Å². The molecule has 2 aromatic carbocycles. The van der Waals surface area contributed by atoms with Crippen LogP contribution in [0.25, 0.3) is 10.9 Å². The molecule has 10 heteroatoms. The SMILES string of the molecule is CN1CCN(C(=O)CNc2cc(Cl)c3ncc(C#N)c(Nc4ccc(F)c(Cl)c4)c3c2)CC1. The van der Waals surface area contributed by atoms with Crippen LogP contribution in [0.3, 0.4) is 0 Å². The molecule has 0 saturated carbocycles. The predicted molar refractivity (Wildman–Crippen MR) is 129 cm³/mol. The van der Waals surface area contributed by atoms with E-state index >= 15 is 0 Å². The molecule has 0 aliphatic carbocycles. The van der Waals surface area contributed by atoms with Crippen molar-refractivity contribution in [1.82, 2.24) is 14.8 Å². The highest BCUT2D eigenvalue weighted by Crippen LogP contribution is 2.35. The number of carbonyl (C=O) groups excluding carboxylic acids is 1. The highest BCUT2D eigenvalue weighted by Gasteiger charge is 2.19. The summed E-state index contributed by atoms with van der Waals surface area (Å²) in [6, 6.07) is 9.77. The summed E-state index contributed by atoms with van der Waals surface area (Å²) in [5.74, 6) is -0.538. The number of nitriles is 1. The summed E-state index contributed by atoms with van der Waals surface area (Å²) in [6.45, 7) is 3.20. The van der Waals surface area contributed by atoms with Gasteiger partial charge in [-0.1, -0.05) is 23.2 Å². The molecule has 4 rings (SSSR count). The molecule has 2 heterocycles. The quantitative estimate of drug-likeness (QED) is 0.552. The van der Waals surface area contributed by atoms with Crippen LogP contribution < -0.4 is 10.6 Å². The van der Waals surface area contributed by atoms with Gasteiger partial charge in [-0.25, -0.2) is 4.39 Å². The summed E-state index contributed by atoms with van der Waals surface area (Å²) >= 11 is 12.4. The molecule has 1 aromatic heterocycles. The second-order valence-electron chi connectivity index (χ2n) is 7.80. The Labute approximate surface area is 200 Å². The lowest BCUT2D eigenvalue weighted by atomic mass is 10.1. The first-order valence-corrected chi connectivity index (χ1v) is 11.1. The maximum Gasteiger partial charge on any atom is 0.241 e. The first-order valence-electron chi connectivity index (χ1n) is 10.3. The van der Waals surface area contributed by atoms with Gasteiger partial charge in [-0.05, 0) is 37.4 Å². The molecule has 33 heavy (non-hydrogen) atoms. The van der Waals surface area contributed by atoms with Crippen LogP contribution in [0, 0.1) is 17.1 Å². The number of hydrogen-bond donors (Lipinski definition) is 2. The minimum Gasteiger partial charge on any atom is -0.376 e. The zero-order chi connectivity index (χ0) is 23.5. The lowest BCUT2D eigenvalue weighted by Crippen LogP contribution is -2.48. The second-order valence-corrected chi connectivity index (χ2v) is 8.62. The van der Waals surface area contributed by atoms with Crippen molar-refractivity contribution in [3.05, 3.63) is 58.0 Å². The number of piperazine rings is 1. The molecule has 0 radical (unpaired) electrons. The van der Waals surface area contributed by atoms with Crippen LogP contribution >= 0.6 is 23.2 Å². The Hall–Kier alpha value is -3.12. The van der Waals surface area contributed by atoms with Crippen molar-refractivity contribution >= 4 is 57.1 Å². The molecule has 1 fully saturated rings. The molecule has 1 amide bonds. The molecule has 1 saturated heterocycles. The van der Waals surface area contributed by atoms with E-state index in [1.54, 1.807) is 12.1 Å². The monoisotopic (exact) mass is 486 g/mol. The minimum absolute atomic E-state index is 0.00234. The van der Waals surface area contributed by atoms with Crippen molar-refractivity contribution in [2.24, 2.45) is 0 Å². The van der Waals surface area contributed by atoms with Gasteiger partial charge in [-0.15, -0.1) is 0 Å². The molecule has 170 valence electrons. The van der Waals surface area contributed by atoms with Crippen LogP contribution in [0.5, 0.6) is 0 Å². The number of halogens is 3. The number of rotatable bonds is 5. The van der Waals surface area contributed by atoms with E-state index in [0.29, 0.717) is 46.1 Å². The van der Waals surface area contributed by atoms with Crippen LogP contribution in [0.4, 0.5) is 21.5 Å². The third kappa shape index (κ3) is 5.11. The molecule has 7 nitrogen and oxygen atoms in total. The van der Waals surface area contributed by atoms with E-state index in [4.69, 9.17) is 23.2 Å². The van der Waals surface area contributed by atoms with Crippen molar-refractivity contribution < 1.29 is 9.18 Å². The van der Waals surface area contributed by atoms with Crippen molar-refractivity contribution in [2.45, 2.75) is 0 Å². The van der Waals surface area contributed by atoms with Gasteiger partial charge in [0.1, 0.15) is 11.9 Å². The maximum atomic E-state index is 13.6. The Bertz CT molecular complexity index is 1250. The van der Waals surface area contributed by atoms with E-state index in [9.17, 15) is 14.4 Å². The number of likely N-dealkylation sites (N-methyl/N-ethyl adjacent to an activating group) is 1. The zero-order valence-corrected chi connectivity index (χ0v) is 19.3. The van der Waals surface area contributed by atoms with Crippen LogP contribution in [-0.2, 0) is 4.79 Å². The van der Waals surface area contributed by atoms with Crippen molar-refractivity contribution in [1.29, 1.82) is 5.26 Å². The number of amides is 1. The summed E-state index contributed by atoms with van der Waals surface area (Å²) in [6.07, 6.45) is 1.42. The summed E-state index contributed by atoms with van der Waals surface area (Å²) in [7, 11) is 2.03. The highest BCUT2D eigenvalue weighted by molar-refractivity contribution is 6.36. The number of benzene rings is 2. The number of hydrogen-bond acceptors (Lipinski definition) is 6. The van der Waals surface area contributed by atoms with Gasteiger partial charge < -0.3 is 20.4 Å². The van der Waals surface area contributed by atoms with E-state index < -0.39 is 5.82 Å². The number of carbonyl (C=O) groups is 1. The standard InChI is InChI=1S/C23H21Cl2FN6O/c1-31-4-6-32(7-5-31)21(33)13-28-16-8-17-22(30-15-2-3-20(26)18(24)9-15)14(11-27)12-29-23(17)19(25)10-16/h2-3,8-10,12,28H,4-7,13H2,1H3,(H,29,30). The largest absolute Gasteiger partial charge is 0.376 e. The average Bonchev–Trinajstić information content (AvgIpc) is 2.80. The number of aromatic nitrogens is 1. The molecule has 3 aromatic rings. The van der Waals surface area contributed by atoms with Gasteiger partial charge in [-0.3, -0.25) is 9.78 Å². The molecule has 0 bridgehead atoms. The third-order valence-electron chi connectivity index (χ3n) is 5.53. The molecule has 0 unspecified atom stereocenters. The fourth-order valence-corrected chi connectivity index (χ4v) is 4.09. The molecular formula is C23H21Cl2FN6O. The fourth-order valence-electron chi connectivity index (χ4n) is 3.64. The van der Waals surface area contributed by atoms with Gasteiger partial charge in [-0.2, -0.15) is 5.26 Å². The number of nitrogens with one attached hydrogen (secondary N) is 2. The van der Waals surface area contributed by atoms with Crippen LogP contribution in [0.1, 0.15) is 5.56 Å². The molecule has 1 aliphatic heterocycles. The lowest BCUT2D eigenvalue weighted by molar-refractivity contribution is -0.130. The Balaban J connectivity index is 1.63. The zero-order valence-electron chi connectivity index (χ0n) is 17.8. The number of fused-ring (bicyclic) bond motifs is 1. The molecule has 0 spiro atoms. The van der Waals surface area contributed by atoms with Crippen LogP contribution in [0.2, 0.25) is 10.0 Å². The molecule has 1 aliphatic rings. The van der Waals surface area contributed by atoms with E-state index in [1.165, 1.54) is 24.4 Å². The first-order chi connectivity index (χ1) is 15.9. The van der Waals surface area contributed by atoms with Crippen LogP contribution in [0.15, 0.2) is 36.5 Å². The third-order valence-corrected chi connectivity index (χ3v) is 6.11. The maximum absolute atomic E-state index is 13.6. The summed E-state index contributed by atoms with van der Waals surface area (Å²) in [5, 5.41) is 16.8. The number of anilines is 3. The number of pyridine rings is 1. The fraction of sp³-hybridized carbons (Fsp3) is 0.261. The van der Waals surface area contributed by atoms with Crippen molar-refractivity contribution in [2.75, 3.05) is 50.4 Å². The Morgan fingerprint density at radius 1 is 1.15 bits per heavy atom. The molecular weight excluding hydrogens is 466 g/mol. The lowest BCUT2D eigenvalue weighted by Gasteiger charge is -2.32. The van der Waals surface area contributed by atoms with E-state index in [-0.39, 0.29) is 23.0 Å². The van der Waals surface area contributed by atoms with E-state index in [0.717, 1.165) is 13.1 Å². The van der Waals surface area contributed by atoms with Gasteiger partial charge in [0, 0.05) is 49.1 Å². The Kier molecular flexibility index (Phi) is 6.84. The van der Waals surface area contributed by atoms with E-state index in [1.807, 2.05) is 11.9 Å². The minimum atomic E-state index is -0.540. The van der Waals surface area contributed by atoms with Crippen molar-refractivity contribution in [3.8, 4) is 6.07 Å². The number of nitrogens with zero attached hydrogens (tertiary/aromatic N) is 4. The van der Waals surface area contributed by atoms with Gasteiger partial charge in [0.25, 0.3) is 0 Å². The van der Waals surface area contributed by atoms with Gasteiger partial charge >= 0.3 is 0 Å². The van der Waals surface area contributed by atoms with Gasteiger partial charge in [0.05, 0.1) is 33.4 Å². The Morgan fingerprint density at radius 2 is 1.88 bits per heavy atom. The summed E-state index contributed by atoms with van der Waals surface area (Å²) < 4.78 is 13.6. The van der Waals surface area contributed by atoms with Gasteiger partial charge in [0.2, 0.25) is 5.91 Å². The smallest absolute Gasteiger partial charge is 0.241 e. The first kappa shape index (κ1) is 23.1. The van der Waals surface area contributed by atoms with Crippen molar-refractivity contribution in [3.63, 3.8) is 0 Å². The normalized spacial score (nSPS) is 14.2. The van der Waals surface area contributed by atoms with Crippen LogP contribution in [-0.4, -0.2) is 60.5 Å². The topological polar surface area (TPSA) is 84.3 Å². The average molecular weight is 487 g/mol. The summed E-state index contributed by atoms with van der Waals surface area (Å²) in [4.78, 5) is 20.9. The molecule has 0 atom stereocenters. The predicted octanol–water partition coefficient (Wildman–Crippen LogP) is 4.48. The van der Waals surface area contributed by atoms with Gasteiger partial charge in [0.15, 0.2) is 0 Å². The Morgan fingerprint density at radius 3 is 2.58 bits per heavy atom. The molecule has 2 N–H and O–H groups in total. The second kappa shape index (κ2) is 9.79.